The summed E-state index contributed by atoms with van der Waals surface area (Å²) in [6, 6.07) is 24.7. The van der Waals surface area contributed by atoms with Crippen molar-refractivity contribution in [1.29, 1.82) is 0 Å². The molecule has 0 spiro atoms. The van der Waals surface area contributed by atoms with E-state index in [0.29, 0.717) is 0 Å². The van der Waals surface area contributed by atoms with Crippen LogP contribution < -0.4 is 0 Å². The summed E-state index contributed by atoms with van der Waals surface area (Å²) in [4.78, 5) is 0. The van der Waals surface area contributed by atoms with Crippen molar-refractivity contribution in [2.45, 2.75) is 105 Å². The first kappa shape index (κ1) is 30.2. The maximum atomic E-state index is 2.67. The average Bonchev–Trinajstić information content (AvgIpc) is 2.91. The number of hydrogen-bond acceptors (Lipinski definition) is 0. The molecular formula is C40H46N2Se2. The second kappa shape index (κ2) is 9.52. The number of nitrogens with zero attached hydrogens (tertiary/aromatic N) is 2. The van der Waals surface area contributed by atoms with Crippen molar-refractivity contribution < 1.29 is 0 Å². The van der Waals surface area contributed by atoms with Gasteiger partial charge in [-0.1, -0.05) is 0 Å². The molecule has 7 rings (SSSR count). The van der Waals surface area contributed by atoms with Crippen LogP contribution in [0.4, 0.5) is 0 Å². The van der Waals surface area contributed by atoms with E-state index in [1.807, 2.05) is 0 Å². The summed E-state index contributed by atoms with van der Waals surface area (Å²) < 4.78 is 11.3. The van der Waals surface area contributed by atoms with Crippen LogP contribution in [0, 0.1) is 0 Å². The fourth-order valence-electron chi connectivity index (χ4n) is 6.47. The number of benzene rings is 4. The van der Waals surface area contributed by atoms with Crippen molar-refractivity contribution in [3.05, 3.63) is 82.9 Å². The Hall–Kier alpha value is -2.48. The molecule has 0 aliphatic carbocycles. The van der Waals surface area contributed by atoms with Crippen LogP contribution in [0.15, 0.2) is 60.7 Å². The van der Waals surface area contributed by atoms with Gasteiger partial charge in [0.1, 0.15) is 0 Å². The number of fused-ring (bicyclic) bond motifs is 6. The van der Waals surface area contributed by atoms with Crippen molar-refractivity contribution in [2.75, 3.05) is 0 Å². The Kier molecular flexibility index (Phi) is 6.53. The first-order valence-corrected chi connectivity index (χ1v) is 19.4. The summed E-state index contributed by atoms with van der Waals surface area (Å²) in [6.07, 6.45) is 0. The summed E-state index contributed by atoms with van der Waals surface area (Å²) in [5.74, 6) is 0. The molecule has 2 nitrogen and oxygen atoms in total. The molecule has 0 unspecified atom stereocenters. The molecule has 0 amide bonds. The second-order valence-corrected chi connectivity index (χ2v) is 21.5. The molecule has 4 aromatic carbocycles. The van der Waals surface area contributed by atoms with E-state index >= 15 is 0 Å². The molecule has 0 radical (unpaired) electrons. The summed E-state index contributed by atoms with van der Waals surface area (Å²) in [5, 5.41) is 0. The molecule has 4 aromatic rings. The van der Waals surface area contributed by atoms with E-state index in [0.717, 1.165) is 0 Å². The first-order chi connectivity index (χ1) is 20.3. The Labute approximate surface area is 274 Å². The zero-order valence-corrected chi connectivity index (χ0v) is 31.9. The van der Waals surface area contributed by atoms with Crippen molar-refractivity contribution in [3.8, 4) is 11.4 Å². The van der Waals surface area contributed by atoms with Gasteiger partial charge in [0.2, 0.25) is 0 Å². The predicted octanol–water partition coefficient (Wildman–Crippen LogP) is 10.6. The molecule has 0 saturated carbocycles. The normalized spacial score (nSPS) is 13.9. The molecule has 0 bridgehead atoms. The summed E-state index contributed by atoms with van der Waals surface area (Å²) in [5.41, 5.74) is 14.2. The van der Waals surface area contributed by atoms with Gasteiger partial charge in [-0.15, -0.1) is 0 Å². The van der Waals surface area contributed by atoms with E-state index < -0.39 is 0 Å². The Balaban J connectivity index is 1.80. The fraction of sp³-hybridized carbons (Fsp3) is 0.400. The molecule has 3 aliphatic heterocycles. The van der Waals surface area contributed by atoms with Gasteiger partial charge in [-0.25, -0.2) is 0 Å². The van der Waals surface area contributed by atoms with Crippen LogP contribution >= 0.6 is 0 Å². The van der Waals surface area contributed by atoms with Crippen molar-refractivity contribution in [1.82, 2.24) is 9.13 Å². The number of rotatable bonds is 0. The van der Waals surface area contributed by atoms with Gasteiger partial charge in [0.15, 0.2) is 0 Å². The van der Waals surface area contributed by atoms with Crippen LogP contribution in [0.3, 0.4) is 0 Å². The quantitative estimate of drug-likeness (QED) is 0.0842. The van der Waals surface area contributed by atoms with Gasteiger partial charge in [0.25, 0.3) is 0 Å². The topological polar surface area (TPSA) is 9.86 Å². The number of aromatic nitrogens is 2. The fourth-order valence-corrected chi connectivity index (χ4v) is 11.2. The summed E-state index contributed by atoms with van der Waals surface area (Å²) in [6.45, 7) is 28.2. The first-order valence-electron chi connectivity index (χ1n) is 15.9. The third kappa shape index (κ3) is 4.71. The van der Waals surface area contributed by atoms with Gasteiger partial charge in [0, 0.05) is 0 Å². The molecule has 0 saturated heterocycles. The van der Waals surface area contributed by atoms with Crippen LogP contribution in [0.1, 0.15) is 105 Å². The van der Waals surface area contributed by atoms with E-state index in [2.05, 4.69) is 153 Å². The SMILES string of the molecule is CC(C)(C)c1ccc2c(c1)[se]c1cc(C(C)(C)C)cc3c1-n2c1cc(C(C)(C)C)cc2[se]c4ccc(C(C)(C)C)cc4n3-c21. The minimum absolute atomic E-state index is 0.0506. The van der Waals surface area contributed by atoms with Gasteiger partial charge < -0.3 is 0 Å². The summed E-state index contributed by atoms with van der Waals surface area (Å²) >= 11 is 0.421. The second-order valence-electron chi connectivity index (χ2n) is 16.9. The molecule has 0 fully saturated rings. The monoisotopic (exact) mass is 714 g/mol. The van der Waals surface area contributed by atoms with Gasteiger partial charge in [-0.05, 0) is 0 Å². The third-order valence-corrected chi connectivity index (χ3v) is 13.9. The number of hydrogen-bond donors (Lipinski definition) is 0. The Morgan fingerprint density at radius 1 is 0.364 bits per heavy atom. The maximum absolute atomic E-state index is 2.67. The minimum atomic E-state index is 0.0506. The zero-order chi connectivity index (χ0) is 31.7. The van der Waals surface area contributed by atoms with E-state index in [1.54, 1.807) is 0 Å². The van der Waals surface area contributed by atoms with Crippen LogP contribution in [0.2, 0.25) is 0 Å². The molecule has 0 N–H and O–H groups in total. The Bertz CT molecular complexity index is 2200. The van der Waals surface area contributed by atoms with Crippen molar-refractivity contribution in [3.63, 3.8) is 0 Å². The van der Waals surface area contributed by atoms with E-state index in [-0.39, 0.29) is 50.7 Å². The van der Waals surface area contributed by atoms with Gasteiger partial charge in [-0.2, -0.15) is 0 Å². The van der Waals surface area contributed by atoms with Gasteiger partial charge in [-0.3, -0.25) is 0 Å². The standard InChI is InChI=1S/C40H46N2Se2/c1-37(2,3)23-14-16-31-28(17-23)42-30-19-26(40(10,11)12)22-34-35(30)41(27-15-13-24(38(4,5)6)20-32(27)44-34)29-18-25(39(7,8)9)21-33(43-31)36(29)42/h13-22H,1-12H3. The van der Waals surface area contributed by atoms with Crippen molar-refractivity contribution in [2.24, 2.45) is 0 Å². The molecule has 0 aromatic heterocycles. The zero-order valence-electron chi connectivity index (χ0n) is 28.5. The van der Waals surface area contributed by atoms with Crippen molar-refractivity contribution >= 4 is 68.1 Å². The molecular weight excluding hydrogens is 666 g/mol. The predicted molar refractivity (Wildman–Crippen MR) is 195 cm³/mol. The van der Waals surface area contributed by atoms with E-state index in [1.165, 1.54) is 72.7 Å². The van der Waals surface area contributed by atoms with Crippen LogP contribution in [0.25, 0.3) is 50.5 Å². The van der Waals surface area contributed by atoms with Crippen LogP contribution in [-0.4, -0.2) is 38.1 Å². The Morgan fingerprint density at radius 3 is 1.25 bits per heavy atom. The molecule has 44 heavy (non-hydrogen) atoms. The van der Waals surface area contributed by atoms with Crippen LogP contribution in [-0.2, 0) is 21.7 Å². The summed E-state index contributed by atoms with van der Waals surface area (Å²) in [7, 11) is 0. The van der Waals surface area contributed by atoms with E-state index in [9.17, 15) is 0 Å². The third-order valence-electron chi connectivity index (χ3n) is 9.34. The molecule has 4 heteroatoms. The Morgan fingerprint density at radius 2 is 0.750 bits per heavy atom. The molecule has 228 valence electrons. The molecule has 0 atom stereocenters. The average molecular weight is 713 g/mol. The van der Waals surface area contributed by atoms with Gasteiger partial charge in [0.05, 0.1) is 0 Å². The molecule has 3 aliphatic rings. The van der Waals surface area contributed by atoms with E-state index in [4.69, 9.17) is 0 Å². The van der Waals surface area contributed by atoms with Crippen LogP contribution in [0.5, 0.6) is 0 Å². The molecule has 3 heterocycles. The van der Waals surface area contributed by atoms with Gasteiger partial charge >= 0.3 is 276 Å².